The van der Waals surface area contributed by atoms with Crippen LogP contribution in [-0.2, 0) is 26.2 Å². The van der Waals surface area contributed by atoms with Crippen molar-refractivity contribution in [1.29, 1.82) is 0 Å². The maximum absolute atomic E-state index is 8.06. The first kappa shape index (κ1) is 30.2. The summed E-state index contributed by atoms with van der Waals surface area (Å²) < 4.78 is 0. The van der Waals surface area contributed by atoms with Crippen LogP contribution in [0.2, 0.25) is 0 Å². The van der Waals surface area contributed by atoms with Crippen LogP contribution in [0.15, 0.2) is 17.7 Å². The Balaban J connectivity index is -0.000000107. The minimum Gasteiger partial charge on any atom is -0.394 e. The largest absolute Gasteiger partial charge is 0.394 e. The average molecular weight is 393 g/mol. The quantitative estimate of drug-likeness (QED) is 0.625. The molecule has 22 heavy (non-hydrogen) atoms. The molecule has 3 nitrogen and oxygen atoms in total. The molecule has 0 spiro atoms. The minimum absolute atomic E-state index is 0. The molecule has 0 aliphatic heterocycles. The van der Waals surface area contributed by atoms with Gasteiger partial charge in [-0.3, -0.25) is 6.08 Å². The molecule has 1 unspecified atom stereocenters. The molecule has 0 bridgehead atoms. The van der Waals surface area contributed by atoms with Gasteiger partial charge in [-0.1, -0.05) is 26.2 Å². The molecule has 0 aromatic heterocycles. The number of allylic oxidation sites excluding steroid dienone is 4. The van der Waals surface area contributed by atoms with Crippen LogP contribution in [0.3, 0.4) is 0 Å². The van der Waals surface area contributed by atoms with E-state index in [4.69, 9.17) is 15.3 Å². The number of aliphatic hydroxyl groups excluding tert-OH is 3. The van der Waals surface area contributed by atoms with Crippen LogP contribution in [-0.4, -0.2) is 33.6 Å². The topological polar surface area (TPSA) is 60.7 Å². The van der Waals surface area contributed by atoms with Crippen molar-refractivity contribution in [3.05, 3.63) is 23.8 Å². The molecule has 132 valence electrons. The fourth-order valence-electron chi connectivity index (χ4n) is 0.980. The standard InChI is InChI=1S/C9H13.3C3H8O.Zr/c1-3-8(2)9-6-4-5-7-9;3*1-3(2)4;/h4,6,8H,3,5H2,1-2H3;3*3-4H,1-2H3;/q-1;;;;. The zero-order chi connectivity index (χ0) is 17.4. The Hall–Kier alpha value is 0.243. The zero-order valence-corrected chi connectivity index (χ0v) is 18.2. The van der Waals surface area contributed by atoms with E-state index in [1.165, 1.54) is 12.0 Å². The van der Waals surface area contributed by atoms with Gasteiger partial charge in [0.15, 0.2) is 0 Å². The van der Waals surface area contributed by atoms with Crippen LogP contribution in [0.4, 0.5) is 0 Å². The van der Waals surface area contributed by atoms with Crippen LogP contribution in [0.5, 0.6) is 0 Å². The number of rotatable bonds is 2. The molecule has 4 heteroatoms. The second kappa shape index (κ2) is 21.2. The second-order valence-electron chi connectivity index (χ2n) is 5.83. The first-order chi connectivity index (χ1) is 9.54. The van der Waals surface area contributed by atoms with E-state index in [9.17, 15) is 0 Å². The predicted molar refractivity (Wildman–Crippen MR) is 92.0 cm³/mol. The smallest absolute Gasteiger partial charge is 0.0483 e. The maximum atomic E-state index is 8.06. The normalized spacial score (nSPS) is 13.1. The van der Waals surface area contributed by atoms with Gasteiger partial charge in [-0.2, -0.15) is 6.08 Å². The molecule has 0 aromatic carbocycles. The SMILES string of the molecule is CC(C)O.CC(C)O.CC(C)O.CCC(C)C1=[C-]CC=C1.[Zr]. The summed E-state index contributed by atoms with van der Waals surface area (Å²) in [6, 6.07) is 0. The van der Waals surface area contributed by atoms with Crippen LogP contribution in [0, 0.1) is 12.0 Å². The van der Waals surface area contributed by atoms with Crippen molar-refractivity contribution in [3.63, 3.8) is 0 Å². The van der Waals surface area contributed by atoms with Crippen LogP contribution < -0.4 is 0 Å². The Morgan fingerprint density at radius 1 is 0.909 bits per heavy atom. The molecule has 1 rings (SSSR count). The summed E-state index contributed by atoms with van der Waals surface area (Å²) in [5.41, 5.74) is 1.40. The molecule has 0 heterocycles. The van der Waals surface area contributed by atoms with Gasteiger partial charge in [-0.15, -0.1) is 6.42 Å². The van der Waals surface area contributed by atoms with E-state index >= 15 is 0 Å². The van der Waals surface area contributed by atoms with Gasteiger partial charge >= 0.3 is 0 Å². The van der Waals surface area contributed by atoms with E-state index in [-0.39, 0.29) is 44.5 Å². The Kier molecular flexibility index (Phi) is 29.1. The molecule has 0 saturated heterocycles. The maximum Gasteiger partial charge on any atom is 0.0483 e. The molecule has 0 amide bonds. The number of aliphatic hydroxyl groups is 3. The molecular weight excluding hydrogens is 355 g/mol. The Labute approximate surface area is 157 Å². The molecule has 3 N–H and O–H groups in total. The molecule has 1 aliphatic rings. The molecular formula is C18H37O3Zr-. The van der Waals surface area contributed by atoms with Gasteiger partial charge in [0.1, 0.15) is 0 Å². The van der Waals surface area contributed by atoms with Gasteiger partial charge in [0.25, 0.3) is 0 Å². The molecule has 0 radical (unpaired) electrons. The average Bonchev–Trinajstić information content (AvgIpc) is 2.79. The van der Waals surface area contributed by atoms with Gasteiger partial charge in [-0.25, -0.2) is 11.6 Å². The van der Waals surface area contributed by atoms with E-state index in [0.717, 1.165) is 6.42 Å². The first-order valence-electron chi connectivity index (χ1n) is 7.85. The summed E-state index contributed by atoms with van der Waals surface area (Å²) in [4.78, 5) is 0. The van der Waals surface area contributed by atoms with Gasteiger partial charge in [0, 0.05) is 44.5 Å². The van der Waals surface area contributed by atoms with Gasteiger partial charge in [0.2, 0.25) is 0 Å². The van der Waals surface area contributed by atoms with Crippen LogP contribution >= 0.6 is 0 Å². The third-order valence-corrected chi connectivity index (χ3v) is 1.86. The van der Waals surface area contributed by atoms with E-state index in [2.05, 4.69) is 32.1 Å². The van der Waals surface area contributed by atoms with Crippen molar-refractivity contribution in [2.45, 2.75) is 86.5 Å². The van der Waals surface area contributed by atoms with Crippen molar-refractivity contribution < 1.29 is 41.5 Å². The van der Waals surface area contributed by atoms with Crippen LogP contribution in [0.25, 0.3) is 0 Å². The first-order valence-corrected chi connectivity index (χ1v) is 7.85. The van der Waals surface area contributed by atoms with Crippen molar-refractivity contribution >= 4 is 0 Å². The Morgan fingerprint density at radius 2 is 1.23 bits per heavy atom. The molecule has 1 atom stereocenters. The monoisotopic (exact) mass is 391 g/mol. The van der Waals surface area contributed by atoms with Crippen molar-refractivity contribution in [3.8, 4) is 0 Å². The fraction of sp³-hybridized carbons (Fsp3) is 0.778. The van der Waals surface area contributed by atoms with Gasteiger partial charge < -0.3 is 15.3 Å². The third kappa shape index (κ3) is 42.7. The summed E-state index contributed by atoms with van der Waals surface area (Å²) in [6.07, 6.45) is 9.43. The van der Waals surface area contributed by atoms with Crippen molar-refractivity contribution in [2.24, 2.45) is 5.92 Å². The molecule has 0 aromatic rings. The molecule has 0 saturated carbocycles. The third-order valence-electron chi connectivity index (χ3n) is 1.86. The van der Waals surface area contributed by atoms with Gasteiger partial charge in [-0.05, 0) is 41.5 Å². The van der Waals surface area contributed by atoms with Crippen molar-refractivity contribution in [2.75, 3.05) is 0 Å². The van der Waals surface area contributed by atoms with E-state index in [1.807, 2.05) is 0 Å². The van der Waals surface area contributed by atoms with Crippen LogP contribution in [0.1, 0.15) is 68.2 Å². The summed E-state index contributed by atoms with van der Waals surface area (Å²) in [7, 11) is 0. The number of hydrogen-bond donors (Lipinski definition) is 3. The van der Waals surface area contributed by atoms with E-state index < -0.39 is 0 Å². The number of hydrogen-bond acceptors (Lipinski definition) is 3. The van der Waals surface area contributed by atoms with Crippen molar-refractivity contribution in [1.82, 2.24) is 0 Å². The summed E-state index contributed by atoms with van der Waals surface area (Å²) in [5, 5.41) is 24.2. The fourth-order valence-corrected chi connectivity index (χ4v) is 0.980. The Bertz CT molecular complexity index is 237. The Morgan fingerprint density at radius 3 is 1.41 bits per heavy atom. The van der Waals surface area contributed by atoms with Gasteiger partial charge in [0.05, 0.1) is 0 Å². The second-order valence-corrected chi connectivity index (χ2v) is 5.83. The molecule has 1 aliphatic carbocycles. The predicted octanol–water partition coefficient (Wildman–Crippen LogP) is 3.88. The zero-order valence-electron chi connectivity index (χ0n) is 15.7. The van der Waals surface area contributed by atoms with E-state index in [0.29, 0.717) is 5.92 Å². The minimum atomic E-state index is -0.167. The molecule has 0 fully saturated rings. The summed E-state index contributed by atoms with van der Waals surface area (Å²) in [5.74, 6) is 0.712. The summed E-state index contributed by atoms with van der Waals surface area (Å²) >= 11 is 0. The van der Waals surface area contributed by atoms with E-state index in [1.54, 1.807) is 41.5 Å². The summed E-state index contributed by atoms with van der Waals surface area (Å²) in [6.45, 7) is 14.8.